The highest BCUT2D eigenvalue weighted by Gasteiger charge is 2.21. The third-order valence-corrected chi connectivity index (χ3v) is 3.94. The lowest BCUT2D eigenvalue weighted by atomic mass is 10.1. The number of hydrogen-bond donors (Lipinski definition) is 1. The summed E-state index contributed by atoms with van der Waals surface area (Å²) in [5.74, 6) is 1.85. The molecule has 0 amide bonds. The largest absolute Gasteiger partial charge is 0.359 e. The molecule has 2 rings (SSSR count). The number of nitrogens with zero attached hydrogens (tertiary/aromatic N) is 3. The van der Waals surface area contributed by atoms with Crippen LogP contribution in [0.3, 0.4) is 0 Å². The Kier molecular flexibility index (Phi) is 5.38. The zero-order valence-electron chi connectivity index (χ0n) is 13.3. The van der Waals surface area contributed by atoms with Crippen LogP contribution in [0.2, 0.25) is 0 Å². The van der Waals surface area contributed by atoms with E-state index in [4.69, 9.17) is 0 Å². The SMILES string of the molecule is CC(C)NCc1ccnc(N(C)CC2CCN(C)C2)c1. The molecule has 1 atom stereocenters. The monoisotopic (exact) mass is 276 g/mol. The molecule has 2 heterocycles. The highest BCUT2D eigenvalue weighted by Crippen LogP contribution is 2.18. The second-order valence-electron chi connectivity index (χ2n) is 6.36. The average molecular weight is 276 g/mol. The van der Waals surface area contributed by atoms with E-state index in [1.54, 1.807) is 0 Å². The fourth-order valence-corrected chi connectivity index (χ4v) is 2.76. The summed E-state index contributed by atoms with van der Waals surface area (Å²) in [5, 5.41) is 3.45. The summed E-state index contributed by atoms with van der Waals surface area (Å²) < 4.78 is 0. The molecule has 4 nitrogen and oxygen atoms in total. The maximum Gasteiger partial charge on any atom is 0.128 e. The molecule has 0 spiro atoms. The smallest absolute Gasteiger partial charge is 0.128 e. The molecule has 1 aromatic rings. The molecule has 1 saturated heterocycles. The van der Waals surface area contributed by atoms with Gasteiger partial charge in [0.1, 0.15) is 5.82 Å². The van der Waals surface area contributed by atoms with Crippen molar-refractivity contribution in [3.05, 3.63) is 23.9 Å². The first-order chi connectivity index (χ1) is 9.54. The van der Waals surface area contributed by atoms with Gasteiger partial charge in [0.2, 0.25) is 0 Å². The van der Waals surface area contributed by atoms with Crippen molar-refractivity contribution < 1.29 is 0 Å². The van der Waals surface area contributed by atoms with Crippen LogP contribution in [-0.2, 0) is 6.54 Å². The first-order valence-electron chi connectivity index (χ1n) is 7.62. The molecule has 4 heteroatoms. The van der Waals surface area contributed by atoms with Crippen LogP contribution in [0.25, 0.3) is 0 Å². The minimum atomic E-state index is 0.512. The van der Waals surface area contributed by atoms with Crippen LogP contribution in [0.15, 0.2) is 18.3 Å². The van der Waals surface area contributed by atoms with Crippen molar-refractivity contribution in [2.24, 2.45) is 5.92 Å². The van der Waals surface area contributed by atoms with Crippen molar-refractivity contribution in [2.75, 3.05) is 38.6 Å². The summed E-state index contributed by atoms with van der Waals surface area (Å²) in [5.41, 5.74) is 1.30. The normalized spacial score (nSPS) is 19.8. The van der Waals surface area contributed by atoms with Crippen molar-refractivity contribution in [1.29, 1.82) is 0 Å². The van der Waals surface area contributed by atoms with E-state index in [1.807, 2.05) is 6.20 Å². The number of pyridine rings is 1. The molecular weight excluding hydrogens is 248 g/mol. The second-order valence-corrected chi connectivity index (χ2v) is 6.36. The quantitative estimate of drug-likeness (QED) is 0.861. The summed E-state index contributed by atoms with van der Waals surface area (Å²) in [6.07, 6.45) is 3.22. The first kappa shape index (κ1) is 15.3. The van der Waals surface area contributed by atoms with E-state index < -0.39 is 0 Å². The molecule has 0 aliphatic carbocycles. The van der Waals surface area contributed by atoms with Crippen molar-refractivity contribution in [1.82, 2.24) is 15.2 Å². The Balaban J connectivity index is 1.92. The summed E-state index contributed by atoms with van der Waals surface area (Å²) in [6.45, 7) is 8.78. The van der Waals surface area contributed by atoms with E-state index in [1.165, 1.54) is 25.1 Å². The molecule has 0 radical (unpaired) electrons. The van der Waals surface area contributed by atoms with Crippen LogP contribution in [0.4, 0.5) is 5.82 Å². The number of likely N-dealkylation sites (tertiary alicyclic amines) is 1. The second kappa shape index (κ2) is 7.04. The van der Waals surface area contributed by atoms with Gasteiger partial charge >= 0.3 is 0 Å². The van der Waals surface area contributed by atoms with Gasteiger partial charge in [-0.3, -0.25) is 0 Å². The van der Waals surface area contributed by atoms with Crippen LogP contribution in [0, 0.1) is 5.92 Å². The van der Waals surface area contributed by atoms with Gasteiger partial charge in [0.05, 0.1) is 0 Å². The highest BCUT2D eigenvalue weighted by molar-refractivity contribution is 5.40. The van der Waals surface area contributed by atoms with E-state index in [0.29, 0.717) is 6.04 Å². The maximum atomic E-state index is 4.51. The van der Waals surface area contributed by atoms with Gasteiger partial charge in [0.25, 0.3) is 0 Å². The standard InChI is InChI=1S/C16H28N4/c1-13(2)18-10-14-5-7-17-16(9-14)20(4)12-15-6-8-19(3)11-15/h5,7,9,13,15,18H,6,8,10-12H2,1-4H3. The summed E-state index contributed by atoms with van der Waals surface area (Å²) in [6, 6.07) is 4.81. The number of hydrogen-bond acceptors (Lipinski definition) is 4. The molecule has 1 fully saturated rings. The lowest BCUT2D eigenvalue weighted by molar-refractivity contribution is 0.395. The highest BCUT2D eigenvalue weighted by atomic mass is 15.2. The van der Waals surface area contributed by atoms with Gasteiger partial charge < -0.3 is 15.1 Å². The van der Waals surface area contributed by atoms with E-state index in [2.05, 4.69) is 60.2 Å². The molecule has 0 bridgehead atoms. The third-order valence-electron chi connectivity index (χ3n) is 3.94. The van der Waals surface area contributed by atoms with E-state index in [-0.39, 0.29) is 0 Å². The van der Waals surface area contributed by atoms with Gasteiger partial charge in [-0.2, -0.15) is 0 Å². The molecule has 1 aromatic heterocycles. The molecule has 1 aliphatic heterocycles. The number of nitrogens with one attached hydrogen (secondary N) is 1. The molecule has 1 unspecified atom stereocenters. The fourth-order valence-electron chi connectivity index (χ4n) is 2.76. The van der Waals surface area contributed by atoms with Gasteiger partial charge in [0, 0.05) is 38.9 Å². The van der Waals surface area contributed by atoms with Gasteiger partial charge in [0.15, 0.2) is 0 Å². The first-order valence-corrected chi connectivity index (χ1v) is 7.62. The number of aromatic nitrogens is 1. The minimum absolute atomic E-state index is 0.512. The Hall–Kier alpha value is -1.13. The minimum Gasteiger partial charge on any atom is -0.359 e. The average Bonchev–Trinajstić information content (AvgIpc) is 2.82. The molecule has 1 N–H and O–H groups in total. The Morgan fingerprint density at radius 2 is 2.30 bits per heavy atom. The zero-order valence-corrected chi connectivity index (χ0v) is 13.3. The number of rotatable bonds is 6. The Morgan fingerprint density at radius 1 is 1.50 bits per heavy atom. The maximum absolute atomic E-state index is 4.51. The Morgan fingerprint density at radius 3 is 2.95 bits per heavy atom. The predicted molar refractivity (Wildman–Crippen MR) is 85.1 cm³/mol. The van der Waals surface area contributed by atoms with E-state index >= 15 is 0 Å². The third kappa shape index (κ3) is 4.46. The van der Waals surface area contributed by atoms with Gasteiger partial charge in [-0.1, -0.05) is 13.8 Å². The van der Waals surface area contributed by atoms with Crippen molar-refractivity contribution in [2.45, 2.75) is 32.9 Å². The van der Waals surface area contributed by atoms with Gasteiger partial charge in [-0.25, -0.2) is 4.98 Å². The van der Waals surface area contributed by atoms with Crippen LogP contribution < -0.4 is 10.2 Å². The summed E-state index contributed by atoms with van der Waals surface area (Å²) in [4.78, 5) is 9.22. The molecule has 0 aromatic carbocycles. The molecule has 20 heavy (non-hydrogen) atoms. The molecule has 1 aliphatic rings. The van der Waals surface area contributed by atoms with Crippen molar-refractivity contribution in [3.63, 3.8) is 0 Å². The zero-order chi connectivity index (χ0) is 14.5. The van der Waals surface area contributed by atoms with Crippen molar-refractivity contribution >= 4 is 5.82 Å². The predicted octanol–water partition coefficient (Wildman–Crippen LogP) is 1.97. The van der Waals surface area contributed by atoms with Crippen LogP contribution in [0.5, 0.6) is 0 Å². The Bertz CT molecular complexity index is 419. The van der Waals surface area contributed by atoms with Crippen LogP contribution >= 0.6 is 0 Å². The lowest BCUT2D eigenvalue weighted by Crippen LogP contribution is -2.28. The van der Waals surface area contributed by atoms with Crippen LogP contribution in [0.1, 0.15) is 25.8 Å². The van der Waals surface area contributed by atoms with E-state index in [0.717, 1.165) is 24.8 Å². The molecular formula is C16H28N4. The topological polar surface area (TPSA) is 31.4 Å². The molecule has 0 saturated carbocycles. The van der Waals surface area contributed by atoms with Crippen molar-refractivity contribution in [3.8, 4) is 0 Å². The Labute approximate surface area is 123 Å². The lowest BCUT2D eigenvalue weighted by Gasteiger charge is -2.22. The molecule has 112 valence electrons. The van der Waals surface area contributed by atoms with Gasteiger partial charge in [-0.15, -0.1) is 0 Å². The van der Waals surface area contributed by atoms with Crippen LogP contribution in [-0.4, -0.2) is 49.7 Å². The fraction of sp³-hybridized carbons (Fsp3) is 0.688. The van der Waals surface area contributed by atoms with E-state index in [9.17, 15) is 0 Å². The summed E-state index contributed by atoms with van der Waals surface area (Å²) in [7, 11) is 4.36. The van der Waals surface area contributed by atoms with Gasteiger partial charge in [-0.05, 0) is 43.6 Å². The summed E-state index contributed by atoms with van der Waals surface area (Å²) >= 11 is 0. The number of anilines is 1.